The summed E-state index contributed by atoms with van der Waals surface area (Å²) in [7, 11) is 0. The maximum absolute atomic E-state index is 9.74. The average molecular weight is 280 g/mol. The van der Waals surface area contributed by atoms with Crippen molar-refractivity contribution in [2.45, 2.75) is 19.4 Å². The Hall–Kier alpha value is -2.46. The van der Waals surface area contributed by atoms with Crippen LogP contribution in [0.4, 0.5) is 0 Å². The van der Waals surface area contributed by atoms with Crippen LogP contribution in [0.15, 0.2) is 54.9 Å². The molecule has 0 saturated carbocycles. The van der Waals surface area contributed by atoms with Crippen LogP contribution in [-0.2, 0) is 0 Å². The molecular formula is C17H16N2O2. The van der Waals surface area contributed by atoms with Crippen molar-refractivity contribution in [2.75, 3.05) is 0 Å². The number of aliphatic hydroxyl groups excluding tert-OH is 1. The highest BCUT2D eigenvalue weighted by atomic mass is 16.5. The summed E-state index contributed by atoms with van der Waals surface area (Å²) in [6.07, 6.45) is 3.48. The number of nitrogens with zero attached hydrogens (tertiary/aromatic N) is 2. The summed E-state index contributed by atoms with van der Waals surface area (Å²) in [5.74, 6) is 1.32. The highest BCUT2D eigenvalue weighted by Gasteiger charge is 2.08. The number of para-hydroxylation sites is 1. The zero-order chi connectivity index (χ0) is 14.7. The van der Waals surface area contributed by atoms with Crippen LogP contribution in [0.5, 0.6) is 11.5 Å². The molecule has 2 heterocycles. The SMILES string of the molecule is CC[C@@H](O)c1ccc(Oc2cccc3cccnc23)cn1. The van der Waals surface area contributed by atoms with E-state index in [2.05, 4.69) is 9.97 Å². The van der Waals surface area contributed by atoms with Crippen molar-refractivity contribution < 1.29 is 9.84 Å². The molecule has 0 unspecified atom stereocenters. The number of hydrogen-bond acceptors (Lipinski definition) is 4. The number of benzene rings is 1. The Morgan fingerprint density at radius 1 is 1.10 bits per heavy atom. The number of ether oxygens (including phenoxy) is 1. The van der Waals surface area contributed by atoms with Crippen molar-refractivity contribution in [3.05, 3.63) is 60.6 Å². The summed E-state index contributed by atoms with van der Waals surface area (Å²) < 4.78 is 5.85. The van der Waals surface area contributed by atoms with Crippen molar-refractivity contribution >= 4 is 10.9 Å². The molecule has 1 atom stereocenters. The zero-order valence-corrected chi connectivity index (χ0v) is 11.7. The zero-order valence-electron chi connectivity index (χ0n) is 11.7. The van der Waals surface area contributed by atoms with Gasteiger partial charge in [0.15, 0.2) is 5.75 Å². The van der Waals surface area contributed by atoms with E-state index in [4.69, 9.17) is 4.74 Å². The van der Waals surface area contributed by atoms with Gasteiger partial charge in [-0.1, -0.05) is 25.1 Å². The molecule has 3 rings (SSSR count). The Morgan fingerprint density at radius 3 is 2.71 bits per heavy atom. The lowest BCUT2D eigenvalue weighted by atomic mass is 10.2. The molecule has 0 spiro atoms. The fourth-order valence-electron chi connectivity index (χ4n) is 2.14. The van der Waals surface area contributed by atoms with Gasteiger partial charge in [-0.05, 0) is 30.7 Å². The van der Waals surface area contributed by atoms with E-state index in [1.165, 1.54) is 0 Å². The van der Waals surface area contributed by atoms with Crippen LogP contribution in [0, 0.1) is 0 Å². The Labute approximate surface area is 123 Å². The quantitative estimate of drug-likeness (QED) is 0.788. The molecule has 4 nitrogen and oxygen atoms in total. The second kappa shape index (κ2) is 5.89. The van der Waals surface area contributed by atoms with Crippen LogP contribution in [0.2, 0.25) is 0 Å². The largest absolute Gasteiger partial charge is 0.453 e. The van der Waals surface area contributed by atoms with Crippen LogP contribution < -0.4 is 4.74 Å². The van der Waals surface area contributed by atoms with Crippen molar-refractivity contribution in [3.8, 4) is 11.5 Å². The van der Waals surface area contributed by atoms with E-state index in [1.54, 1.807) is 18.5 Å². The molecule has 2 aromatic heterocycles. The highest BCUT2D eigenvalue weighted by molar-refractivity contribution is 5.84. The summed E-state index contributed by atoms with van der Waals surface area (Å²) in [6.45, 7) is 1.92. The van der Waals surface area contributed by atoms with Gasteiger partial charge in [0.2, 0.25) is 0 Å². The Bertz CT molecular complexity index is 736. The summed E-state index contributed by atoms with van der Waals surface area (Å²) >= 11 is 0. The van der Waals surface area contributed by atoms with Gasteiger partial charge in [-0.3, -0.25) is 9.97 Å². The van der Waals surface area contributed by atoms with E-state index in [-0.39, 0.29) is 0 Å². The molecule has 3 aromatic rings. The van der Waals surface area contributed by atoms with Gasteiger partial charge >= 0.3 is 0 Å². The van der Waals surface area contributed by atoms with Gasteiger partial charge in [0.05, 0.1) is 18.0 Å². The van der Waals surface area contributed by atoms with Gasteiger partial charge in [0, 0.05) is 11.6 Å². The van der Waals surface area contributed by atoms with E-state index < -0.39 is 6.10 Å². The van der Waals surface area contributed by atoms with E-state index in [0.717, 1.165) is 10.9 Å². The topological polar surface area (TPSA) is 55.2 Å². The summed E-state index contributed by atoms with van der Waals surface area (Å²) in [6, 6.07) is 13.3. The molecular weight excluding hydrogens is 264 g/mol. The minimum Gasteiger partial charge on any atom is -0.453 e. The molecule has 21 heavy (non-hydrogen) atoms. The first-order valence-electron chi connectivity index (χ1n) is 6.93. The molecule has 0 bridgehead atoms. The number of aliphatic hydroxyl groups is 1. The van der Waals surface area contributed by atoms with Crippen molar-refractivity contribution in [2.24, 2.45) is 0 Å². The molecule has 1 aromatic carbocycles. The monoisotopic (exact) mass is 280 g/mol. The van der Waals surface area contributed by atoms with Crippen molar-refractivity contribution in [3.63, 3.8) is 0 Å². The third kappa shape index (κ3) is 2.85. The fourth-order valence-corrected chi connectivity index (χ4v) is 2.14. The van der Waals surface area contributed by atoms with E-state index >= 15 is 0 Å². The lowest BCUT2D eigenvalue weighted by Crippen LogP contribution is -1.98. The second-order valence-electron chi connectivity index (χ2n) is 4.78. The van der Waals surface area contributed by atoms with Crippen molar-refractivity contribution in [1.82, 2.24) is 9.97 Å². The third-order valence-corrected chi connectivity index (χ3v) is 3.31. The average Bonchev–Trinajstić information content (AvgIpc) is 2.55. The van der Waals surface area contributed by atoms with Crippen LogP contribution >= 0.6 is 0 Å². The van der Waals surface area contributed by atoms with Crippen LogP contribution in [-0.4, -0.2) is 15.1 Å². The minimum atomic E-state index is -0.529. The Kier molecular flexibility index (Phi) is 3.79. The molecule has 4 heteroatoms. The molecule has 0 aliphatic carbocycles. The molecule has 0 aliphatic heterocycles. The van der Waals surface area contributed by atoms with Gasteiger partial charge in [-0.2, -0.15) is 0 Å². The summed E-state index contributed by atoms with van der Waals surface area (Å²) in [4.78, 5) is 8.58. The number of aromatic nitrogens is 2. The summed E-state index contributed by atoms with van der Waals surface area (Å²) in [5.41, 5.74) is 1.47. The third-order valence-electron chi connectivity index (χ3n) is 3.31. The lowest BCUT2D eigenvalue weighted by Gasteiger charge is -2.10. The molecule has 1 N–H and O–H groups in total. The molecule has 0 aliphatic rings. The summed E-state index contributed by atoms with van der Waals surface area (Å²) in [5, 5.41) is 10.8. The standard InChI is InChI=1S/C17H16N2O2/c1-2-15(20)14-9-8-13(11-19-14)21-16-7-3-5-12-6-4-10-18-17(12)16/h3-11,15,20H,2H2,1H3/t15-/m1/s1. The van der Waals surface area contributed by atoms with Gasteiger partial charge in [-0.25, -0.2) is 0 Å². The second-order valence-corrected chi connectivity index (χ2v) is 4.78. The Balaban J connectivity index is 1.88. The highest BCUT2D eigenvalue weighted by Crippen LogP contribution is 2.28. The van der Waals surface area contributed by atoms with Gasteiger partial charge in [-0.15, -0.1) is 0 Å². The first kappa shape index (κ1) is 13.5. The first-order valence-corrected chi connectivity index (χ1v) is 6.93. The first-order chi connectivity index (χ1) is 10.3. The molecule has 0 fully saturated rings. The predicted molar refractivity (Wildman–Crippen MR) is 81.3 cm³/mol. The molecule has 0 amide bonds. The minimum absolute atomic E-state index is 0.529. The van der Waals surface area contributed by atoms with E-state index in [9.17, 15) is 5.11 Å². The van der Waals surface area contributed by atoms with E-state index in [1.807, 2.05) is 43.3 Å². The number of hydrogen-bond donors (Lipinski definition) is 1. The van der Waals surface area contributed by atoms with Gasteiger partial charge in [0.25, 0.3) is 0 Å². The maximum Gasteiger partial charge on any atom is 0.153 e. The molecule has 0 saturated heterocycles. The van der Waals surface area contributed by atoms with Crippen LogP contribution in [0.1, 0.15) is 25.1 Å². The van der Waals surface area contributed by atoms with Gasteiger partial charge < -0.3 is 9.84 Å². The number of rotatable bonds is 4. The normalized spacial score (nSPS) is 12.3. The predicted octanol–water partition coefficient (Wildman–Crippen LogP) is 3.87. The van der Waals surface area contributed by atoms with Crippen LogP contribution in [0.3, 0.4) is 0 Å². The van der Waals surface area contributed by atoms with E-state index in [0.29, 0.717) is 23.6 Å². The molecule has 106 valence electrons. The molecule has 0 radical (unpaired) electrons. The number of pyridine rings is 2. The van der Waals surface area contributed by atoms with Crippen LogP contribution in [0.25, 0.3) is 10.9 Å². The maximum atomic E-state index is 9.74. The Morgan fingerprint density at radius 2 is 1.95 bits per heavy atom. The number of fused-ring (bicyclic) bond motifs is 1. The lowest BCUT2D eigenvalue weighted by molar-refractivity contribution is 0.169. The van der Waals surface area contributed by atoms with Gasteiger partial charge in [0.1, 0.15) is 11.3 Å². The van der Waals surface area contributed by atoms with Crippen molar-refractivity contribution in [1.29, 1.82) is 0 Å². The smallest absolute Gasteiger partial charge is 0.153 e. The fraction of sp³-hybridized carbons (Fsp3) is 0.176.